The van der Waals surface area contributed by atoms with Crippen molar-refractivity contribution in [3.8, 4) is 5.75 Å². The first-order valence-electron chi connectivity index (χ1n) is 12.3. The fraction of sp³-hybridized carbons (Fsp3) is 0.444. The summed E-state index contributed by atoms with van der Waals surface area (Å²) in [5.74, 6) is 0.596. The molecule has 2 aliphatic rings. The molecule has 0 unspecified atom stereocenters. The standard InChI is InChI=1S/C27H31N3O5/c1-17-8-13-21-22(29(17)27(33)34-2)14-15-23-25(21)28-24(16-35-20-6-4-3-5-7-20)30(23)19-11-9-18(10-12-19)26(31)32/h3-7,14-15,17-19H,8-13,16H2,1-2H3,(H,31,32)/t17-,18-,19-/m0/s1. The predicted octanol–water partition coefficient (Wildman–Crippen LogP) is 5.34. The van der Waals surface area contributed by atoms with Gasteiger partial charge in [-0.25, -0.2) is 9.78 Å². The maximum atomic E-state index is 12.6. The summed E-state index contributed by atoms with van der Waals surface area (Å²) in [6.07, 6.45) is 4.15. The maximum Gasteiger partial charge on any atom is 0.414 e. The van der Waals surface area contributed by atoms with Gasteiger partial charge in [-0.05, 0) is 69.7 Å². The van der Waals surface area contributed by atoms with Crippen LogP contribution in [0.3, 0.4) is 0 Å². The molecular formula is C27H31N3O5. The summed E-state index contributed by atoms with van der Waals surface area (Å²) in [6.45, 7) is 2.34. The van der Waals surface area contributed by atoms with Crippen molar-refractivity contribution in [2.45, 2.75) is 64.1 Å². The van der Waals surface area contributed by atoms with Gasteiger partial charge in [0, 0.05) is 17.6 Å². The van der Waals surface area contributed by atoms with Gasteiger partial charge in [0.25, 0.3) is 0 Å². The number of anilines is 1. The Morgan fingerprint density at radius 3 is 2.49 bits per heavy atom. The molecule has 0 spiro atoms. The van der Waals surface area contributed by atoms with E-state index in [1.807, 2.05) is 49.4 Å². The number of carbonyl (C=O) groups excluding carboxylic acids is 1. The number of nitrogens with zero attached hydrogens (tertiary/aromatic N) is 3. The normalized spacial score (nSPS) is 22.0. The van der Waals surface area contributed by atoms with E-state index >= 15 is 0 Å². The van der Waals surface area contributed by atoms with E-state index in [9.17, 15) is 14.7 Å². The molecule has 0 saturated heterocycles. The van der Waals surface area contributed by atoms with Gasteiger partial charge in [-0.1, -0.05) is 18.2 Å². The molecule has 0 bridgehead atoms. The van der Waals surface area contributed by atoms with Gasteiger partial charge in [-0.2, -0.15) is 0 Å². The Labute approximate surface area is 204 Å². The number of carboxylic acids is 1. The number of rotatable bonds is 5. The van der Waals surface area contributed by atoms with E-state index in [0.717, 1.165) is 59.5 Å². The third kappa shape index (κ3) is 4.33. The lowest BCUT2D eigenvalue weighted by Crippen LogP contribution is -2.42. The Bertz CT molecular complexity index is 1230. The number of fused-ring (bicyclic) bond motifs is 3. The first-order chi connectivity index (χ1) is 17.0. The van der Waals surface area contributed by atoms with Crippen molar-refractivity contribution in [2.24, 2.45) is 5.92 Å². The molecule has 1 atom stereocenters. The minimum absolute atomic E-state index is 0.0432. The first-order valence-corrected chi connectivity index (χ1v) is 12.3. The lowest BCUT2D eigenvalue weighted by molar-refractivity contribution is -0.143. The fourth-order valence-corrected chi connectivity index (χ4v) is 5.58. The largest absolute Gasteiger partial charge is 0.486 e. The molecule has 1 aliphatic heterocycles. The van der Waals surface area contributed by atoms with Crippen LogP contribution in [0.4, 0.5) is 10.5 Å². The van der Waals surface area contributed by atoms with E-state index < -0.39 is 5.97 Å². The molecule has 0 radical (unpaired) electrons. The van der Waals surface area contributed by atoms with Crippen molar-refractivity contribution in [2.75, 3.05) is 12.0 Å². The van der Waals surface area contributed by atoms with Crippen LogP contribution in [-0.4, -0.2) is 39.9 Å². The van der Waals surface area contributed by atoms with Crippen LogP contribution < -0.4 is 9.64 Å². The molecule has 1 aromatic heterocycles. The SMILES string of the molecule is COC(=O)N1c2ccc3c(nc(COc4ccccc4)n3[C@H]3CC[C@H](C(=O)O)CC3)c2CC[C@@H]1C. The zero-order chi connectivity index (χ0) is 24.5. The lowest BCUT2D eigenvalue weighted by Gasteiger charge is -2.34. The second-order valence-electron chi connectivity index (χ2n) is 9.50. The van der Waals surface area contributed by atoms with Crippen LogP contribution in [0.2, 0.25) is 0 Å². The second kappa shape index (κ2) is 9.60. The molecule has 1 amide bonds. The minimum Gasteiger partial charge on any atom is -0.486 e. The van der Waals surface area contributed by atoms with Crippen molar-refractivity contribution >= 4 is 28.8 Å². The van der Waals surface area contributed by atoms with Crippen LogP contribution in [0.25, 0.3) is 11.0 Å². The Morgan fingerprint density at radius 2 is 1.80 bits per heavy atom. The predicted molar refractivity (Wildman–Crippen MR) is 132 cm³/mol. The van der Waals surface area contributed by atoms with Crippen molar-refractivity contribution in [3.05, 3.63) is 53.9 Å². The number of aliphatic carboxylic acids is 1. The molecule has 184 valence electrons. The van der Waals surface area contributed by atoms with Crippen molar-refractivity contribution < 1.29 is 24.2 Å². The van der Waals surface area contributed by atoms with Crippen molar-refractivity contribution in [1.29, 1.82) is 0 Å². The summed E-state index contributed by atoms with van der Waals surface area (Å²) >= 11 is 0. The zero-order valence-electron chi connectivity index (χ0n) is 20.1. The molecule has 8 heteroatoms. The number of methoxy groups -OCH3 is 1. The third-order valence-corrected chi connectivity index (χ3v) is 7.42. The number of benzene rings is 2. The van der Waals surface area contributed by atoms with Gasteiger partial charge in [0.2, 0.25) is 0 Å². The molecule has 1 saturated carbocycles. The number of hydrogen-bond acceptors (Lipinski definition) is 5. The highest BCUT2D eigenvalue weighted by Crippen LogP contribution is 2.40. The van der Waals surface area contributed by atoms with Gasteiger partial charge in [0.1, 0.15) is 18.2 Å². The van der Waals surface area contributed by atoms with Crippen LogP contribution >= 0.6 is 0 Å². The first kappa shape index (κ1) is 23.2. The van der Waals surface area contributed by atoms with Crippen LogP contribution in [0, 0.1) is 5.92 Å². The Kier molecular flexibility index (Phi) is 6.36. The fourth-order valence-electron chi connectivity index (χ4n) is 5.58. The molecule has 8 nitrogen and oxygen atoms in total. The molecule has 3 aromatic rings. The Morgan fingerprint density at radius 1 is 1.06 bits per heavy atom. The molecule has 5 rings (SSSR count). The summed E-state index contributed by atoms with van der Waals surface area (Å²) in [7, 11) is 1.41. The van der Waals surface area contributed by atoms with Crippen LogP contribution in [0.5, 0.6) is 5.75 Å². The number of aromatic nitrogens is 2. The van der Waals surface area contributed by atoms with Gasteiger partial charge in [-0.15, -0.1) is 0 Å². The Balaban J connectivity index is 1.56. The topological polar surface area (TPSA) is 93.9 Å². The van der Waals surface area contributed by atoms with E-state index in [1.54, 1.807) is 4.90 Å². The molecule has 1 N–H and O–H groups in total. The average Bonchev–Trinajstić information content (AvgIpc) is 3.26. The number of aryl methyl sites for hydroxylation is 1. The average molecular weight is 478 g/mol. The lowest BCUT2D eigenvalue weighted by atomic mass is 9.86. The monoisotopic (exact) mass is 477 g/mol. The highest BCUT2D eigenvalue weighted by molar-refractivity contribution is 5.95. The number of para-hydroxylation sites is 1. The molecule has 35 heavy (non-hydrogen) atoms. The van der Waals surface area contributed by atoms with Gasteiger partial charge >= 0.3 is 12.1 Å². The molecular weight excluding hydrogens is 446 g/mol. The summed E-state index contributed by atoms with van der Waals surface area (Å²) < 4.78 is 13.4. The van der Waals surface area contributed by atoms with E-state index in [0.29, 0.717) is 19.4 Å². The van der Waals surface area contributed by atoms with Crippen molar-refractivity contribution in [1.82, 2.24) is 9.55 Å². The number of amides is 1. The maximum absolute atomic E-state index is 12.6. The summed E-state index contributed by atoms with van der Waals surface area (Å²) in [5.41, 5.74) is 3.78. The molecule has 2 aromatic carbocycles. The van der Waals surface area contributed by atoms with Crippen molar-refractivity contribution in [3.63, 3.8) is 0 Å². The Hall–Kier alpha value is -3.55. The summed E-state index contributed by atoms with van der Waals surface area (Å²) in [4.78, 5) is 30.8. The highest BCUT2D eigenvalue weighted by atomic mass is 16.5. The number of imidazole rings is 1. The zero-order valence-corrected chi connectivity index (χ0v) is 20.1. The summed E-state index contributed by atoms with van der Waals surface area (Å²) in [5, 5.41) is 9.45. The van der Waals surface area contributed by atoms with Crippen LogP contribution in [0.1, 0.15) is 56.5 Å². The number of ether oxygens (including phenoxy) is 2. The van der Waals surface area contributed by atoms with Crippen LogP contribution in [-0.2, 0) is 22.6 Å². The van der Waals surface area contributed by atoms with Gasteiger partial charge in [0.15, 0.2) is 0 Å². The third-order valence-electron chi connectivity index (χ3n) is 7.42. The number of hydrogen-bond donors (Lipinski definition) is 1. The van der Waals surface area contributed by atoms with Gasteiger partial charge in [-0.3, -0.25) is 9.69 Å². The van der Waals surface area contributed by atoms with Gasteiger partial charge in [0.05, 0.1) is 29.7 Å². The smallest absolute Gasteiger partial charge is 0.414 e. The van der Waals surface area contributed by atoms with E-state index in [1.165, 1.54) is 7.11 Å². The number of carboxylic acid groups (broad SMARTS) is 1. The second-order valence-corrected chi connectivity index (χ2v) is 9.50. The van der Waals surface area contributed by atoms with Crippen LogP contribution in [0.15, 0.2) is 42.5 Å². The van der Waals surface area contributed by atoms with Gasteiger partial charge < -0.3 is 19.1 Å². The van der Waals surface area contributed by atoms with E-state index in [2.05, 4.69) is 4.57 Å². The minimum atomic E-state index is -0.710. The molecule has 1 aliphatic carbocycles. The molecule has 1 fully saturated rings. The highest BCUT2D eigenvalue weighted by Gasteiger charge is 2.33. The quantitative estimate of drug-likeness (QED) is 0.533. The number of carbonyl (C=O) groups is 2. The van der Waals surface area contributed by atoms with E-state index in [4.69, 9.17) is 14.5 Å². The summed E-state index contributed by atoms with van der Waals surface area (Å²) in [6, 6.07) is 13.9. The van der Waals surface area contributed by atoms with E-state index in [-0.39, 0.29) is 24.1 Å². The molecule has 2 heterocycles.